The van der Waals surface area contributed by atoms with Crippen LogP contribution in [0.2, 0.25) is 0 Å². The van der Waals surface area contributed by atoms with Crippen molar-refractivity contribution in [3.05, 3.63) is 12.4 Å². The van der Waals surface area contributed by atoms with Gasteiger partial charge in [0.25, 0.3) is 0 Å². The van der Waals surface area contributed by atoms with Gasteiger partial charge in [-0.25, -0.2) is 4.98 Å². The number of amides is 1. The van der Waals surface area contributed by atoms with Crippen LogP contribution in [0.4, 0.5) is 5.95 Å². The van der Waals surface area contributed by atoms with Crippen LogP contribution in [0.5, 0.6) is 0 Å². The summed E-state index contributed by atoms with van der Waals surface area (Å²) in [5.74, 6) is 0.964. The number of hydrogen-bond donors (Lipinski definition) is 2. The average Bonchev–Trinajstić information content (AvgIpc) is 2.96. The van der Waals surface area contributed by atoms with Gasteiger partial charge >= 0.3 is 0 Å². The third kappa shape index (κ3) is 2.98. The van der Waals surface area contributed by atoms with Gasteiger partial charge in [-0.05, 0) is 19.8 Å². The van der Waals surface area contributed by atoms with Gasteiger partial charge in [-0.3, -0.25) is 4.79 Å². The lowest BCUT2D eigenvalue weighted by Crippen LogP contribution is -2.27. The molecule has 0 saturated heterocycles. The van der Waals surface area contributed by atoms with Crippen LogP contribution in [0.3, 0.4) is 0 Å². The number of carbonyl (C=O) groups excluding carboxylic acids is 1. The Hall–Kier alpha value is -1.52. The predicted octanol–water partition coefficient (Wildman–Crippen LogP) is 0.984. The largest absolute Gasteiger partial charge is 0.355 e. The molecular formula is C11H18N4O. The van der Waals surface area contributed by atoms with Gasteiger partial charge in [-0.2, -0.15) is 0 Å². The van der Waals surface area contributed by atoms with Gasteiger partial charge < -0.3 is 15.2 Å². The van der Waals surface area contributed by atoms with Crippen LogP contribution in [-0.2, 0) is 11.3 Å². The summed E-state index contributed by atoms with van der Waals surface area (Å²) < 4.78 is 2.01. The van der Waals surface area contributed by atoms with E-state index in [4.69, 9.17) is 0 Å². The third-order valence-electron chi connectivity index (χ3n) is 2.63. The molecule has 0 aromatic carbocycles. The van der Waals surface area contributed by atoms with Gasteiger partial charge in [-0.1, -0.05) is 0 Å². The van der Waals surface area contributed by atoms with E-state index in [2.05, 4.69) is 22.5 Å². The van der Waals surface area contributed by atoms with Crippen molar-refractivity contribution in [3.8, 4) is 0 Å². The third-order valence-corrected chi connectivity index (χ3v) is 2.63. The van der Waals surface area contributed by atoms with Crippen LogP contribution >= 0.6 is 0 Å². The Kier molecular flexibility index (Phi) is 3.44. The monoisotopic (exact) mass is 222 g/mol. The number of nitrogens with one attached hydrogen (secondary N) is 2. The topological polar surface area (TPSA) is 59.0 Å². The van der Waals surface area contributed by atoms with Gasteiger partial charge in [0.1, 0.15) is 0 Å². The molecule has 1 aromatic heterocycles. The first-order valence-corrected chi connectivity index (χ1v) is 5.84. The normalized spacial score (nSPS) is 14.8. The number of rotatable bonds is 6. The van der Waals surface area contributed by atoms with Crippen LogP contribution in [0.1, 0.15) is 26.2 Å². The Balaban J connectivity index is 1.68. The molecule has 0 aliphatic heterocycles. The summed E-state index contributed by atoms with van der Waals surface area (Å²) >= 11 is 0. The van der Waals surface area contributed by atoms with Crippen molar-refractivity contribution < 1.29 is 4.79 Å². The second kappa shape index (κ2) is 5.01. The van der Waals surface area contributed by atoms with E-state index >= 15 is 0 Å². The molecule has 0 spiro atoms. The first-order valence-electron chi connectivity index (χ1n) is 5.84. The second-order valence-corrected chi connectivity index (χ2v) is 4.06. The smallest absolute Gasteiger partial charge is 0.221 e. The first kappa shape index (κ1) is 11.0. The molecule has 0 unspecified atom stereocenters. The fourth-order valence-corrected chi connectivity index (χ4v) is 1.55. The number of nitrogens with zero attached hydrogens (tertiary/aromatic N) is 2. The van der Waals surface area contributed by atoms with Crippen LogP contribution in [0, 0.1) is 0 Å². The van der Waals surface area contributed by atoms with E-state index in [9.17, 15) is 4.79 Å². The number of hydrogen-bond acceptors (Lipinski definition) is 3. The van der Waals surface area contributed by atoms with E-state index in [1.54, 1.807) is 6.20 Å². The molecule has 2 N–H and O–H groups in total. The maximum Gasteiger partial charge on any atom is 0.221 e. The number of imidazole rings is 1. The van der Waals surface area contributed by atoms with Gasteiger partial charge in [0.2, 0.25) is 11.9 Å². The van der Waals surface area contributed by atoms with Crippen molar-refractivity contribution in [2.75, 3.05) is 11.9 Å². The Morgan fingerprint density at radius 3 is 3.12 bits per heavy atom. The Labute approximate surface area is 95.2 Å². The van der Waals surface area contributed by atoms with Gasteiger partial charge in [0, 0.05) is 37.9 Å². The van der Waals surface area contributed by atoms with E-state index in [0.717, 1.165) is 25.3 Å². The van der Waals surface area contributed by atoms with E-state index in [-0.39, 0.29) is 5.91 Å². The summed E-state index contributed by atoms with van der Waals surface area (Å²) in [6.07, 6.45) is 6.47. The first-order chi connectivity index (χ1) is 7.79. The maximum atomic E-state index is 11.4. The fraction of sp³-hybridized carbons (Fsp3) is 0.636. The Bertz CT molecular complexity index is 357. The van der Waals surface area contributed by atoms with Crippen molar-refractivity contribution in [1.29, 1.82) is 0 Å². The molecule has 5 heteroatoms. The Morgan fingerprint density at radius 1 is 1.62 bits per heavy atom. The highest BCUT2D eigenvalue weighted by Crippen LogP contribution is 2.18. The zero-order valence-electron chi connectivity index (χ0n) is 9.57. The number of carbonyl (C=O) groups is 1. The molecule has 1 aliphatic rings. The summed E-state index contributed by atoms with van der Waals surface area (Å²) in [7, 11) is 0. The van der Waals surface area contributed by atoms with Crippen molar-refractivity contribution in [3.63, 3.8) is 0 Å². The molecule has 0 atom stereocenters. The lowest BCUT2D eigenvalue weighted by Gasteiger charge is -2.07. The molecule has 16 heavy (non-hydrogen) atoms. The molecule has 1 aromatic rings. The molecular weight excluding hydrogens is 204 g/mol. The molecule has 5 nitrogen and oxygen atoms in total. The zero-order chi connectivity index (χ0) is 11.4. The van der Waals surface area contributed by atoms with Crippen molar-refractivity contribution >= 4 is 11.9 Å². The highest BCUT2D eigenvalue weighted by atomic mass is 16.1. The van der Waals surface area contributed by atoms with Crippen LogP contribution in [-0.4, -0.2) is 28.0 Å². The number of anilines is 1. The number of aromatic nitrogens is 2. The predicted molar refractivity (Wildman–Crippen MR) is 62.2 cm³/mol. The zero-order valence-corrected chi connectivity index (χ0v) is 9.57. The fourth-order valence-electron chi connectivity index (χ4n) is 1.55. The lowest BCUT2D eigenvalue weighted by molar-refractivity contribution is -0.120. The summed E-state index contributed by atoms with van der Waals surface area (Å²) in [5, 5.41) is 6.12. The molecule has 88 valence electrons. The van der Waals surface area contributed by atoms with Gasteiger partial charge in [0.05, 0.1) is 0 Å². The quantitative estimate of drug-likeness (QED) is 0.754. The molecule has 2 rings (SSSR count). The summed E-state index contributed by atoms with van der Waals surface area (Å²) in [4.78, 5) is 15.6. The molecule has 1 saturated carbocycles. The summed E-state index contributed by atoms with van der Waals surface area (Å²) in [6, 6.07) is 0.449. The molecule has 0 radical (unpaired) electrons. The SMILES string of the molecule is CCn1ccnc1NCCC(=O)NC1CC1. The molecule has 0 bridgehead atoms. The number of aryl methyl sites for hydroxylation is 1. The molecule has 1 amide bonds. The van der Waals surface area contributed by atoms with Crippen LogP contribution in [0.15, 0.2) is 12.4 Å². The van der Waals surface area contributed by atoms with Crippen molar-refractivity contribution in [2.45, 2.75) is 38.8 Å². The van der Waals surface area contributed by atoms with E-state index in [1.807, 2.05) is 10.8 Å². The highest BCUT2D eigenvalue weighted by molar-refractivity contribution is 5.77. The average molecular weight is 222 g/mol. The van der Waals surface area contributed by atoms with Crippen LogP contribution in [0.25, 0.3) is 0 Å². The van der Waals surface area contributed by atoms with Crippen molar-refractivity contribution in [2.24, 2.45) is 0 Å². The van der Waals surface area contributed by atoms with Crippen molar-refractivity contribution in [1.82, 2.24) is 14.9 Å². The van der Waals surface area contributed by atoms with E-state index < -0.39 is 0 Å². The van der Waals surface area contributed by atoms with E-state index in [0.29, 0.717) is 19.0 Å². The second-order valence-electron chi connectivity index (χ2n) is 4.06. The van der Waals surface area contributed by atoms with Gasteiger partial charge in [0.15, 0.2) is 0 Å². The Morgan fingerprint density at radius 2 is 2.44 bits per heavy atom. The van der Waals surface area contributed by atoms with E-state index in [1.165, 1.54) is 0 Å². The summed E-state index contributed by atoms with van der Waals surface area (Å²) in [6.45, 7) is 3.58. The minimum atomic E-state index is 0.129. The minimum absolute atomic E-state index is 0.129. The molecule has 1 heterocycles. The summed E-state index contributed by atoms with van der Waals surface area (Å²) in [5.41, 5.74) is 0. The molecule has 1 aliphatic carbocycles. The maximum absolute atomic E-state index is 11.4. The van der Waals surface area contributed by atoms with Crippen LogP contribution < -0.4 is 10.6 Å². The molecule has 1 fully saturated rings. The standard InChI is InChI=1S/C11H18N4O/c1-2-15-8-7-13-11(15)12-6-5-10(16)14-9-3-4-9/h7-9H,2-6H2,1H3,(H,12,13)(H,14,16). The lowest BCUT2D eigenvalue weighted by atomic mass is 10.4. The van der Waals surface area contributed by atoms with Gasteiger partial charge in [-0.15, -0.1) is 0 Å². The highest BCUT2D eigenvalue weighted by Gasteiger charge is 2.22. The minimum Gasteiger partial charge on any atom is -0.355 e.